The van der Waals surface area contributed by atoms with E-state index in [1.165, 1.54) is 14.0 Å². The van der Waals surface area contributed by atoms with Crippen LogP contribution in [-0.2, 0) is 14.3 Å². The molecule has 76 valence electrons. The van der Waals surface area contributed by atoms with Gasteiger partial charge in [-0.05, 0) is 6.92 Å². The smallest absolute Gasteiger partial charge is 0.410 e. The molecule has 0 aromatic rings. The zero-order chi connectivity index (χ0) is 10.3. The minimum Gasteiger partial charge on any atom is -0.420 e. The summed E-state index contributed by atoms with van der Waals surface area (Å²) in [5, 5.41) is 4.68. The summed E-state index contributed by atoms with van der Waals surface area (Å²) in [6.45, 7) is 2.98. The molecule has 0 spiro atoms. The van der Waals surface area contributed by atoms with Gasteiger partial charge in [-0.2, -0.15) is 0 Å². The van der Waals surface area contributed by atoms with Crippen molar-refractivity contribution in [3.05, 3.63) is 0 Å². The van der Waals surface area contributed by atoms with Crippen LogP contribution in [0.3, 0.4) is 0 Å². The first kappa shape index (κ1) is 11.7. The van der Waals surface area contributed by atoms with Crippen molar-refractivity contribution in [3.8, 4) is 0 Å². The first-order chi connectivity index (χ1) is 6.06. The van der Waals surface area contributed by atoms with Crippen molar-refractivity contribution in [1.82, 2.24) is 10.6 Å². The Morgan fingerprint density at radius 3 is 2.46 bits per heavy atom. The Labute approximate surface area is 76.6 Å². The summed E-state index contributed by atoms with van der Waals surface area (Å²) in [4.78, 5) is 21.2. The van der Waals surface area contributed by atoms with Crippen LogP contribution in [0.5, 0.6) is 0 Å². The van der Waals surface area contributed by atoms with Crippen LogP contribution in [0.25, 0.3) is 0 Å². The molecule has 0 heterocycles. The van der Waals surface area contributed by atoms with Crippen LogP contribution in [0.4, 0.5) is 4.79 Å². The van der Waals surface area contributed by atoms with Crippen molar-refractivity contribution in [2.24, 2.45) is 0 Å². The van der Waals surface area contributed by atoms with Crippen molar-refractivity contribution in [2.45, 2.75) is 20.1 Å². The number of hydrogen-bond acceptors (Lipinski definition) is 4. The van der Waals surface area contributed by atoms with Gasteiger partial charge in [0, 0.05) is 14.0 Å². The van der Waals surface area contributed by atoms with E-state index in [9.17, 15) is 9.59 Å². The van der Waals surface area contributed by atoms with Gasteiger partial charge in [-0.15, -0.1) is 0 Å². The van der Waals surface area contributed by atoms with Crippen molar-refractivity contribution in [3.63, 3.8) is 0 Å². The minimum absolute atomic E-state index is 0.0462. The zero-order valence-electron chi connectivity index (χ0n) is 7.92. The van der Waals surface area contributed by atoms with Gasteiger partial charge in [0.15, 0.2) is 0 Å². The number of hydrogen-bond donors (Lipinski definition) is 2. The van der Waals surface area contributed by atoms with Crippen molar-refractivity contribution >= 4 is 12.0 Å². The van der Waals surface area contributed by atoms with Gasteiger partial charge in [0.2, 0.25) is 12.2 Å². The van der Waals surface area contributed by atoms with Crippen LogP contribution in [0, 0.1) is 0 Å². The standard InChI is InChI=1S/C7H14N2O4/c1-5(10)8-4-9-7(11)13-6(2)12-3/h6H,4H2,1-3H3,(H,8,10)(H,9,11). The molecule has 0 fully saturated rings. The predicted octanol–water partition coefficient (Wildman–Crippen LogP) is -0.201. The zero-order valence-corrected chi connectivity index (χ0v) is 7.92. The quantitative estimate of drug-likeness (QED) is 0.602. The Morgan fingerprint density at radius 2 is 2.00 bits per heavy atom. The lowest BCUT2D eigenvalue weighted by Crippen LogP contribution is -2.37. The molecule has 0 aromatic heterocycles. The lowest BCUT2D eigenvalue weighted by molar-refractivity contribution is -0.119. The Morgan fingerprint density at radius 1 is 1.38 bits per heavy atom. The van der Waals surface area contributed by atoms with Crippen LogP contribution >= 0.6 is 0 Å². The minimum atomic E-state index is -0.636. The molecule has 1 atom stereocenters. The Bertz CT molecular complexity index is 183. The molecular weight excluding hydrogens is 176 g/mol. The second-order valence-electron chi connectivity index (χ2n) is 2.30. The number of rotatable bonds is 4. The monoisotopic (exact) mass is 190 g/mol. The van der Waals surface area contributed by atoms with Gasteiger partial charge in [-0.1, -0.05) is 0 Å². The summed E-state index contributed by atoms with van der Waals surface area (Å²) in [5.41, 5.74) is 0. The van der Waals surface area contributed by atoms with Crippen molar-refractivity contribution in [1.29, 1.82) is 0 Å². The molecule has 1 unspecified atom stereocenters. The Hall–Kier alpha value is -1.30. The van der Waals surface area contributed by atoms with Crippen LogP contribution in [-0.4, -0.2) is 32.1 Å². The Kier molecular flexibility index (Phi) is 5.62. The highest BCUT2D eigenvalue weighted by Crippen LogP contribution is 1.89. The number of amides is 2. The molecule has 0 aliphatic rings. The number of carbonyl (C=O) groups excluding carboxylic acids is 2. The topological polar surface area (TPSA) is 76.7 Å². The summed E-state index contributed by atoms with van der Waals surface area (Å²) in [5.74, 6) is -0.222. The fourth-order valence-electron chi connectivity index (χ4n) is 0.481. The summed E-state index contributed by atoms with van der Waals surface area (Å²) in [7, 11) is 1.42. The molecule has 13 heavy (non-hydrogen) atoms. The predicted molar refractivity (Wildman–Crippen MR) is 44.8 cm³/mol. The average Bonchev–Trinajstić information content (AvgIpc) is 2.03. The number of carbonyl (C=O) groups is 2. The van der Waals surface area contributed by atoms with Crippen LogP contribution in [0.1, 0.15) is 13.8 Å². The van der Waals surface area contributed by atoms with E-state index in [1.54, 1.807) is 6.92 Å². The largest absolute Gasteiger partial charge is 0.420 e. The highest BCUT2D eigenvalue weighted by molar-refractivity contribution is 5.73. The first-order valence-electron chi connectivity index (χ1n) is 3.78. The molecule has 0 saturated carbocycles. The molecule has 6 nitrogen and oxygen atoms in total. The number of methoxy groups -OCH3 is 1. The maximum Gasteiger partial charge on any atom is 0.410 e. The third-order valence-corrected chi connectivity index (χ3v) is 1.17. The SMILES string of the molecule is COC(C)OC(=O)NCNC(C)=O. The summed E-state index contributed by atoms with van der Waals surface area (Å²) >= 11 is 0. The van der Waals surface area contributed by atoms with Gasteiger partial charge in [0.25, 0.3) is 0 Å². The van der Waals surface area contributed by atoms with Gasteiger partial charge in [-0.25, -0.2) is 4.79 Å². The molecule has 0 aliphatic heterocycles. The normalized spacial score (nSPS) is 11.6. The van der Waals surface area contributed by atoms with Crippen LogP contribution < -0.4 is 10.6 Å². The molecule has 0 saturated heterocycles. The maximum atomic E-state index is 10.8. The molecule has 0 rings (SSSR count). The number of alkyl carbamates (subject to hydrolysis) is 1. The van der Waals surface area contributed by atoms with E-state index >= 15 is 0 Å². The highest BCUT2D eigenvalue weighted by Gasteiger charge is 2.06. The fraction of sp³-hybridized carbons (Fsp3) is 0.714. The molecule has 0 radical (unpaired) electrons. The lowest BCUT2D eigenvalue weighted by atomic mass is 10.7. The molecule has 0 bridgehead atoms. The third kappa shape index (κ3) is 7.07. The second kappa shape index (κ2) is 6.24. The summed E-state index contributed by atoms with van der Waals surface area (Å²) in [6.07, 6.45) is -1.24. The Balaban J connectivity index is 3.46. The third-order valence-electron chi connectivity index (χ3n) is 1.17. The van der Waals surface area contributed by atoms with E-state index in [-0.39, 0.29) is 12.6 Å². The molecule has 2 amide bonds. The van der Waals surface area contributed by atoms with Crippen molar-refractivity contribution in [2.75, 3.05) is 13.8 Å². The van der Waals surface area contributed by atoms with Gasteiger partial charge in [-0.3, -0.25) is 4.79 Å². The maximum absolute atomic E-state index is 10.8. The van der Waals surface area contributed by atoms with Gasteiger partial charge in [0.05, 0.1) is 6.67 Å². The molecule has 6 heteroatoms. The van der Waals surface area contributed by atoms with Crippen LogP contribution in [0.15, 0.2) is 0 Å². The molecule has 2 N–H and O–H groups in total. The van der Waals surface area contributed by atoms with E-state index in [4.69, 9.17) is 0 Å². The van der Waals surface area contributed by atoms with Crippen LogP contribution in [0.2, 0.25) is 0 Å². The summed E-state index contributed by atoms with van der Waals surface area (Å²) < 4.78 is 9.34. The molecule has 0 aliphatic carbocycles. The van der Waals surface area contributed by atoms with E-state index in [1.807, 2.05) is 0 Å². The lowest BCUT2D eigenvalue weighted by Gasteiger charge is -2.11. The van der Waals surface area contributed by atoms with Gasteiger partial charge in [0.1, 0.15) is 0 Å². The second-order valence-corrected chi connectivity index (χ2v) is 2.30. The first-order valence-corrected chi connectivity index (χ1v) is 3.78. The average molecular weight is 190 g/mol. The van der Waals surface area contributed by atoms with Crippen molar-refractivity contribution < 1.29 is 19.1 Å². The van der Waals surface area contributed by atoms with E-state index in [0.717, 1.165) is 0 Å². The molecular formula is C7H14N2O4. The van der Waals surface area contributed by atoms with Gasteiger partial charge < -0.3 is 20.1 Å². The number of nitrogens with one attached hydrogen (secondary N) is 2. The van der Waals surface area contributed by atoms with E-state index in [2.05, 4.69) is 20.1 Å². The van der Waals surface area contributed by atoms with E-state index < -0.39 is 12.4 Å². The van der Waals surface area contributed by atoms with E-state index in [0.29, 0.717) is 0 Å². The van der Waals surface area contributed by atoms with Gasteiger partial charge >= 0.3 is 6.09 Å². The summed E-state index contributed by atoms with van der Waals surface area (Å²) in [6, 6.07) is 0. The number of ether oxygens (including phenoxy) is 2. The fourth-order valence-corrected chi connectivity index (χ4v) is 0.481. The molecule has 0 aromatic carbocycles. The highest BCUT2D eigenvalue weighted by atomic mass is 16.7.